The lowest BCUT2D eigenvalue weighted by Crippen LogP contribution is -2.52. The van der Waals surface area contributed by atoms with Crippen molar-refractivity contribution in [2.75, 3.05) is 30.7 Å². The number of benzene rings is 2. The SMILES string of the molecule is CCC(C(=O)NC)N(CCc1ccccc1)C(=O)CN(c1cccc([N+](=O)[O-])c1)S(C)(=O)=O. The molecule has 1 unspecified atom stereocenters. The van der Waals surface area contributed by atoms with Crippen LogP contribution in [0.15, 0.2) is 54.6 Å². The lowest BCUT2D eigenvalue weighted by atomic mass is 10.1. The summed E-state index contributed by atoms with van der Waals surface area (Å²) in [6.45, 7) is 1.36. The van der Waals surface area contributed by atoms with Crippen molar-refractivity contribution in [1.82, 2.24) is 10.2 Å². The van der Waals surface area contributed by atoms with Crippen LogP contribution in [-0.2, 0) is 26.0 Å². The Hall–Kier alpha value is -3.47. The molecule has 0 aromatic heterocycles. The van der Waals surface area contributed by atoms with Crippen LogP contribution in [0.1, 0.15) is 18.9 Å². The number of nitro benzene ring substituents is 1. The van der Waals surface area contributed by atoms with E-state index in [0.717, 1.165) is 22.2 Å². The second kappa shape index (κ2) is 11.4. The summed E-state index contributed by atoms with van der Waals surface area (Å²) in [5.41, 5.74) is 0.656. The Kier molecular flexibility index (Phi) is 8.92. The van der Waals surface area contributed by atoms with E-state index in [0.29, 0.717) is 12.8 Å². The maximum atomic E-state index is 13.3. The first kappa shape index (κ1) is 25.8. The Bertz CT molecular complexity index is 1090. The van der Waals surface area contributed by atoms with Crippen molar-refractivity contribution >= 4 is 33.2 Å². The molecule has 0 radical (unpaired) electrons. The highest BCUT2D eigenvalue weighted by atomic mass is 32.2. The van der Waals surface area contributed by atoms with Crippen LogP contribution >= 0.6 is 0 Å². The molecule has 10 nitrogen and oxygen atoms in total. The first-order valence-electron chi connectivity index (χ1n) is 10.4. The van der Waals surface area contributed by atoms with E-state index in [2.05, 4.69) is 5.32 Å². The molecule has 0 bridgehead atoms. The first-order chi connectivity index (χ1) is 15.6. The monoisotopic (exact) mass is 476 g/mol. The zero-order chi connectivity index (χ0) is 24.6. The lowest BCUT2D eigenvalue weighted by Gasteiger charge is -2.32. The van der Waals surface area contributed by atoms with Crippen LogP contribution in [0.5, 0.6) is 0 Å². The van der Waals surface area contributed by atoms with E-state index in [1.165, 1.54) is 30.1 Å². The molecule has 2 aromatic rings. The van der Waals surface area contributed by atoms with Gasteiger partial charge in [0.15, 0.2) is 0 Å². The molecule has 33 heavy (non-hydrogen) atoms. The van der Waals surface area contributed by atoms with Crippen LogP contribution in [0.4, 0.5) is 11.4 Å². The Balaban J connectivity index is 2.38. The van der Waals surface area contributed by atoms with Crippen molar-refractivity contribution in [2.45, 2.75) is 25.8 Å². The van der Waals surface area contributed by atoms with Crippen molar-refractivity contribution < 1.29 is 22.9 Å². The van der Waals surface area contributed by atoms with Gasteiger partial charge in [0.1, 0.15) is 12.6 Å². The van der Waals surface area contributed by atoms with Crippen LogP contribution in [0.3, 0.4) is 0 Å². The van der Waals surface area contributed by atoms with Gasteiger partial charge in [0.05, 0.1) is 16.9 Å². The number of hydrogen-bond donors (Lipinski definition) is 1. The van der Waals surface area contributed by atoms with E-state index in [4.69, 9.17) is 0 Å². The van der Waals surface area contributed by atoms with E-state index in [1.54, 1.807) is 6.92 Å². The molecule has 0 aliphatic heterocycles. The van der Waals surface area contributed by atoms with Crippen molar-refractivity contribution in [3.05, 3.63) is 70.3 Å². The number of carbonyl (C=O) groups is 2. The summed E-state index contributed by atoms with van der Waals surface area (Å²) in [6, 6.07) is 13.7. The molecular weight excluding hydrogens is 448 g/mol. The number of anilines is 1. The molecule has 0 saturated heterocycles. The molecule has 2 amide bonds. The van der Waals surface area contributed by atoms with Crippen LogP contribution in [0.25, 0.3) is 0 Å². The minimum absolute atomic E-state index is 0.00366. The summed E-state index contributed by atoms with van der Waals surface area (Å²) >= 11 is 0. The number of amides is 2. The van der Waals surface area contributed by atoms with Gasteiger partial charge in [-0.25, -0.2) is 8.42 Å². The second-order valence-electron chi connectivity index (χ2n) is 7.41. The molecule has 0 aliphatic rings. The minimum Gasteiger partial charge on any atom is -0.357 e. The number of hydrogen-bond acceptors (Lipinski definition) is 6. The smallest absolute Gasteiger partial charge is 0.271 e. The highest BCUT2D eigenvalue weighted by molar-refractivity contribution is 7.92. The summed E-state index contributed by atoms with van der Waals surface area (Å²) in [7, 11) is -2.48. The van der Waals surface area contributed by atoms with Crippen molar-refractivity contribution in [2.24, 2.45) is 0 Å². The number of likely N-dealkylation sites (N-methyl/N-ethyl adjacent to an activating group) is 1. The molecule has 2 aromatic carbocycles. The third-order valence-corrected chi connectivity index (χ3v) is 6.26. The maximum absolute atomic E-state index is 13.3. The average Bonchev–Trinajstić information content (AvgIpc) is 2.79. The molecule has 0 spiro atoms. The van der Waals surface area contributed by atoms with Gasteiger partial charge in [-0.1, -0.05) is 43.3 Å². The summed E-state index contributed by atoms with van der Waals surface area (Å²) in [5, 5.41) is 13.7. The second-order valence-corrected chi connectivity index (χ2v) is 9.31. The number of sulfonamides is 1. The average molecular weight is 477 g/mol. The van der Waals surface area contributed by atoms with Crippen LogP contribution in [0, 0.1) is 10.1 Å². The highest BCUT2D eigenvalue weighted by Gasteiger charge is 2.31. The highest BCUT2D eigenvalue weighted by Crippen LogP contribution is 2.23. The molecular formula is C22H28N4O6S. The fourth-order valence-electron chi connectivity index (χ4n) is 3.44. The van der Waals surface area contributed by atoms with E-state index in [-0.39, 0.29) is 23.8 Å². The summed E-state index contributed by atoms with van der Waals surface area (Å²) in [6.07, 6.45) is 1.72. The molecule has 1 N–H and O–H groups in total. The van der Waals surface area contributed by atoms with Gasteiger partial charge in [-0.3, -0.25) is 24.0 Å². The number of rotatable bonds is 11. The van der Waals surface area contributed by atoms with E-state index < -0.39 is 33.4 Å². The largest absolute Gasteiger partial charge is 0.357 e. The van der Waals surface area contributed by atoms with E-state index in [9.17, 15) is 28.1 Å². The fraction of sp³-hybridized carbons (Fsp3) is 0.364. The number of non-ortho nitro benzene ring substituents is 1. The Morgan fingerprint density at radius 1 is 1.12 bits per heavy atom. The molecule has 0 saturated carbocycles. The van der Waals surface area contributed by atoms with Gasteiger partial charge in [0.2, 0.25) is 21.8 Å². The molecule has 178 valence electrons. The third-order valence-electron chi connectivity index (χ3n) is 5.12. The van der Waals surface area contributed by atoms with Gasteiger partial charge in [0.25, 0.3) is 5.69 Å². The van der Waals surface area contributed by atoms with Crippen molar-refractivity contribution in [1.29, 1.82) is 0 Å². The molecule has 0 aliphatic carbocycles. The van der Waals surface area contributed by atoms with Gasteiger partial charge in [-0.15, -0.1) is 0 Å². The number of nitrogens with zero attached hydrogens (tertiary/aromatic N) is 3. The molecule has 0 fully saturated rings. The van der Waals surface area contributed by atoms with Crippen molar-refractivity contribution in [3.63, 3.8) is 0 Å². The Labute approximate surface area is 193 Å². The molecule has 11 heteroatoms. The topological polar surface area (TPSA) is 130 Å². The first-order valence-corrected chi connectivity index (χ1v) is 12.2. The fourth-order valence-corrected chi connectivity index (χ4v) is 4.28. The number of carbonyl (C=O) groups excluding carboxylic acids is 2. The van der Waals surface area contributed by atoms with Gasteiger partial charge < -0.3 is 10.2 Å². The summed E-state index contributed by atoms with van der Waals surface area (Å²) in [5.74, 6) is -0.946. The maximum Gasteiger partial charge on any atom is 0.271 e. The zero-order valence-corrected chi connectivity index (χ0v) is 19.6. The van der Waals surface area contributed by atoms with Crippen LogP contribution in [-0.4, -0.2) is 62.5 Å². The molecule has 0 heterocycles. The lowest BCUT2D eigenvalue weighted by molar-refractivity contribution is -0.384. The van der Waals surface area contributed by atoms with E-state index >= 15 is 0 Å². The van der Waals surface area contributed by atoms with Gasteiger partial charge in [-0.2, -0.15) is 0 Å². The zero-order valence-electron chi connectivity index (χ0n) is 18.8. The summed E-state index contributed by atoms with van der Waals surface area (Å²) < 4.78 is 25.8. The van der Waals surface area contributed by atoms with Crippen LogP contribution in [0.2, 0.25) is 0 Å². The Morgan fingerprint density at radius 2 is 1.79 bits per heavy atom. The molecule has 1 atom stereocenters. The normalized spacial score (nSPS) is 12.0. The van der Waals surface area contributed by atoms with Crippen molar-refractivity contribution in [3.8, 4) is 0 Å². The Morgan fingerprint density at radius 3 is 2.33 bits per heavy atom. The minimum atomic E-state index is -3.95. The molecule has 2 rings (SSSR count). The van der Waals surface area contributed by atoms with Crippen LogP contribution < -0.4 is 9.62 Å². The number of nitro groups is 1. The quantitative estimate of drug-likeness (QED) is 0.390. The third kappa shape index (κ3) is 7.01. The van der Waals surface area contributed by atoms with E-state index in [1.807, 2.05) is 30.3 Å². The standard InChI is InChI=1S/C22H28N4O6S/c1-4-20(22(28)23-2)24(14-13-17-9-6-5-7-10-17)21(27)16-25(33(3,31)32)18-11-8-12-19(15-18)26(29)30/h5-12,15,20H,4,13-14,16H2,1-3H3,(H,23,28). The van der Waals surface area contributed by atoms with Gasteiger partial charge >= 0.3 is 0 Å². The predicted molar refractivity (Wildman–Crippen MR) is 125 cm³/mol. The van der Waals surface area contributed by atoms with Gasteiger partial charge in [0, 0.05) is 25.7 Å². The summed E-state index contributed by atoms with van der Waals surface area (Å²) in [4.78, 5) is 37.7. The predicted octanol–water partition coefficient (Wildman–Crippen LogP) is 1.96. The van der Waals surface area contributed by atoms with Gasteiger partial charge in [-0.05, 0) is 24.5 Å². The number of nitrogens with one attached hydrogen (secondary N) is 1.